The number of aromatic nitrogens is 3. The van der Waals surface area contributed by atoms with Crippen LogP contribution in [0.2, 0.25) is 0 Å². The normalized spacial score (nSPS) is 11.6. The van der Waals surface area contributed by atoms with E-state index in [0.29, 0.717) is 11.1 Å². The summed E-state index contributed by atoms with van der Waals surface area (Å²) in [6.07, 6.45) is 0. The summed E-state index contributed by atoms with van der Waals surface area (Å²) in [7, 11) is 0. The lowest BCUT2D eigenvalue weighted by Crippen LogP contribution is -2.13. The molecule has 5 heteroatoms. The summed E-state index contributed by atoms with van der Waals surface area (Å²) in [6, 6.07) is 84.0. The number of nitrogens with zero attached hydrogens (tertiary/aromatic N) is 5. The Bertz CT molecular complexity index is 3860. The van der Waals surface area contributed by atoms with Crippen molar-refractivity contribution in [3.63, 3.8) is 0 Å². The zero-order valence-corrected chi connectivity index (χ0v) is 36.1. The van der Waals surface area contributed by atoms with Crippen molar-refractivity contribution < 1.29 is 0 Å². The molecule has 0 fully saturated rings. The second-order valence-electron chi connectivity index (χ2n) is 17.0. The van der Waals surface area contributed by atoms with Crippen LogP contribution in [0, 0.1) is 22.7 Å². The van der Waals surface area contributed by atoms with Gasteiger partial charge >= 0.3 is 0 Å². The molecule has 10 aromatic carbocycles. The molecule has 13 aromatic rings. The standard InChI is InChI=1S/C62H37N5/c63-38-40-35-41(39-64)37-44(36-40)59-61(66-53-31-15-9-25-47(53)48-26-10-16-32-54(48)66)57(42-19-3-1-4-20-42)60(65-51-29-13-7-23-45(51)46-24-8-14-30-52(46)65)58(43-21-5-2-6-22-43)62(59)67-55-33-17-11-27-49(55)50-28-12-18-34-56(50)67/h1-37H. The molecule has 0 N–H and O–H groups in total. The van der Waals surface area contributed by atoms with E-state index in [1.165, 1.54) is 0 Å². The molecule has 0 saturated carbocycles. The summed E-state index contributed by atoms with van der Waals surface area (Å²) < 4.78 is 7.37. The van der Waals surface area contributed by atoms with E-state index in [4.69, 9.17) is 0 Å². The summed E-state index contributed by atoms with van der Waals surface area (Å²) in [5.41, 5.74) is 15.6. The maximum atomic E-state index is 10.8. The van der Waals surface area contributed by atoms with E-state index < -0.39 is 0 Å². The summed E-state index contributed by atoms with van der Waals surface area (Å²) in [6.45, 7) is 0. The maximum absolute atomic E-state index is 10.8. The Labute approximate surface area is 386 Å². The molecule has 0 spiro atoms. The van der Waals surface area contributed by atoms with Gasteiger partial charge in [0.05, 0.1) is 73.4 Å². The van der Waals surface area contributed by atoms with Gasteiger partial charge < -0.3 is 13.7 Å². The molecule has 0 saturated heterocycles. The number of benzene rings is 10. The fourth-order valence-electron chi connectivity index (χ4n) is 10.8. The van der Waals surface area contributed by atoms with Gasteiger partial charge in [0, 0.05) is 49.0 Å². The molecule has 13 rings (SSSR count). The molecule has 310 valence electrons. The highest BCUT2D eigenvalue weighted by molar-refractivity contribution is 6.18. The number of rotatable bonds is 6. The minimum absolute atomic E-state index is 0.407. The lowest BCUT2D eigenvalue weighted by molar-refractivity contribution is 1.10. The maximum Gasteiger partial charge on any atom is 0.0992 e. The molecule has 5 nitrogen and oxygen atoms in total. The molecular weight excluding hydrogens is 815 g/mol. The van der Waals surface area contributed by atoms with Crippen LogP contribution >= 0.6 is 0 Å². The highest BCUT2D eigenvalue weighted by atomic mass is 15.1. The van der Waals surface area contributed by atoms with E-state index in [0.717, 1.165) is 116 Å². The van der Waals surface area contributed by atoms with Crippen molar-refractivity contribution >= 4 is 65.4 Å². The van der Waals surface area contributed by atoms with Crippen LogP contribution in [0.3, 0.4) is 0 Å². The van der Waals surface area contributed by atoms with Gasteiger partial charge in [0.15, 0.2) is 0 Å². The first kappa shape index (κ1) is 38.1. The molecule has 3 heterocycles. The van der Waals surface area contributed by atoms with Crippen LogP contribution < -0.4 is 0 Å². The zero-order chi connectivity index (χ0) is 44.6. The van der Waals surface area contributed by atoms with Crippen molar-refractivity contribution in [3.8, 4) is 62.6 Å². The second kappa shape index (κ2) is 15.1. The Kier molecular flexibility index (Phi) is 8.58. The van der Waals surface area contributed by atoms with Gasteiger partial charge in [0.25, 0.3) is 0 Å². The summed E-state index contributed by atoms with van der Waals surface area (Å²) in [5.74, 6) is 0. The number of hydrogen-bond acceptors (Lipinski definition) is 2. The van der Waals surface area contributed by atoms with Crippen molar-refractivity contribution in [2.24, 2.45) is 0 Å². The van der Waals surface area contributed by atoms with Crippen molar-refractivity contribution in [1.82, 2.24) is 13.7 Å². The minimum Gasteiger partial charge on any atom is -0.308 e. The summed E-state index contributed by atoms with van der Waals surface area (Å²) in [5, 5.41) is 28.3. The first-order valence-corrected chi connectivity index (χ1v) is 22.5. The molecule has 3 aromatic heterocycles. The number of fused-ring (bicyclic) bond motifs is 9. The molecule has 0 bridgehead atoms. The predicted octanol–water partition coefficient (Wildman–Crippen LogP) is 15.7. The largest absolute Gasteiger partial charge is 0.308 e. The Hall–Kier alpha value is -9.42. The van der Waals surface area contributed by atoms with E-state index in [-0.39, 0.29) is 0 Å². The van der Waals surface area contributed by atoms with Gasteiger partial charge in [-0.25, -0.2) is 0 Å². The van der Waals surface area contributed by atoms with Crippen LogP contribution in [0.5, 0.6) is 0 Å². The van der Waals surface area contributed by atoms with Gasteiger partial charge in [-0.3, -0.25) is 0 Å². The van der Waals surface area contributed by atoms with Crippen LogP contribution in [0.4, 0.5) is 0 Å². The zero-order valence-electron chi connectivity index (χ0n) is 36.1. The molecule has 0 unspecified atom stereocenters. The molecule has 0 aliphatic heterocycles. The Morgan fingerprint density at radius 1 is 0.254 bits per heavy atom. The lowest BCUT2D eigenvalue weighted by atomic mass is 9.85. The topological polar surface area (TPSA) is 62.4 Å². The molecule has 0 aliphatic rings. The van der Waals surface area contributed by atoms with Crippen LogP contribution in [-0.4, -0.2) is 13.7 Å². The van der Waals surface area contributed by atoms with Crippen molar-refractivity contribution in [3.05, 3.63) is 236 Å². The van der Waals surface area contributed by atoms with Gasteiger partial charge in [0.1, 0.15) is 0 Å². The number of para-hydroxylation sites is 6. The SMILES string of the molecule is N#Cc1cc(C#N)cc(-c2c(-n3c4ccccc4c4ccccc43)c(-c3ccccc3)c(-n3c4ccccc4c4ccccc43)c(-c3ccccc3)c2-n2c3ccccc3c3ccccc32)c1. The van der Waals surface area contributed by atoms with E-state index in [2.05, 4.69) is 232 Å². The highest BCUT2D eigenvalue weighted by Crippen LogP contribution is 2.54. The average molecular weight is 852 g/mol. The third-order valence-corrected chi connectivity index (χ3v) is 13.4. The van der Waals surface area contributed by atoms with Gasteiger partial charge in [-0.15, -0.1) is 0 Å². The lowest BCUT2D eigenvalue weighted by Gasteiger charge is -2.31. The van der Waals surface area contributed by atoms with Gasteiger partial charge in [-0.05, 0) is 71.3 Å². The van der Waals surface area contributed by atoms with E-state index >= 15 is 0 Å². The molecule has 0 radical (unpaired) electrons. The summed E-state index contributed by atoms with van der Waals surface area (Å²) in [4.78, 5) is 0. The van der Waals surface area contributed by atoms with Crippen molar-refractivity contribution in [2.75, 3.05) is 0 Å². The Balaban J connectivity index is 1.44. The quantitative estimate of drug-likeness (QED) is 0.167. The molecular formula is C62H37N5. The Morgan fingerprint density at radius 2 is 0.493 bits per heavy atom. The molecule has 67 heavy (non-hydrogen) atoms. The van der Waals surface area contributed by atoms with Crippen LogP contribution in [0.1, 0.15) is 11.1 Å². The van der Waals surface area contributed by atoms with Gasteiger partial charge in [-0.1, -0.05) is 170 Å². The van der Waals surface area contributed by atoms with E-state index in [1.54, 1.807) is 6.07 Å². The monoisotopic (exact) mass is 851 g/mol. The van der Waals surface area contributed by atoms with Crippen molar-refractivity contribution in [2.45, 2.75) is 0 Å². The number of nitriles is 2. The predicted molar refractivity (Wildman–Crippen MR) is 275 cm³/mol. The fraction of sp³-hybridized carbons (Fsp3) is 0. The Morgan fingerprint density at radius 3 is 0.761 bits per heavy atom. The van der Waals surface area contributed by atoms with Crippen LogP contribution in [-0.2, 0) is 0 Å². The first-order valence-electron chi connectivity index (χ1n) is 22.5. The average Bonchev–Trinajstić information content (AvgIpc) is 4.04. The smallest absolute Gasteiger partial charge is 0.0992 e. The fourth-order valence-corrected chi connectivity index (χ4v) is 10.8. The molecule has 0 amide bonds. The first-order chi connectivity index (χ1) is 33.2. The van der Waals surface area contributed by atoms with Crippen molar-refractivity contribution in [1.29, 1.82) is 10.5 Å². The summed E-state index contributed by atoms with van der Waals surface area (Å²) >= 11 is 0. The van der Waals surface area contributed by atoms with Crippen LogP contribution in [0.25, 0.3) is 116 Å². The highest BCUT2D eigenvalue weighted by Gasteiger charge is 2.34. The van der Waals surface area contributed by atoms with E-state index in [9.17, 15) is 10.5 Å². The third kappa shape index (κ3) is 5.66. The van der Waals surface area contributed by atoms with Crippen LogP contribution in [0.15, 0.2) is 224 Å². The third-order valence-electron chi connectivity index (χ3n) is 13.4. The minimum atomic E-state index is 0.407. The second-order valence-corrected chi connectivity index (χ2v) is 17.0. The van der Waals surface area contributed by atoms with Gasteiger partial charge in [0.2, 0.25) is 0 Å². The molecule has 0 aliphatic carbocycles. The number of hydrogen-bond donors (Lipinski definition) is 0. The molecule has 0 atom stereocenters. The van der Waals surface area contributed by atoms with Gasteiger partial charge in [-0.2, -0.15) is 10.5 Å². The van der Waals surface area contributed by atoms with E-state index in [1.807, 2.05) is 12.1 Å².